The highest BCUT2D eigenvalue weighted by molar-refractivity contribution is 5.70. The molecule has 6 heteroatoms. The Hall–Kier alpha value is -2.11. The number of imidazole rings is 1. The number of rotatable bonds is 2. The molecule has 6 nitrogen and oxygen atoms in total. The number of piperidine rings is 1. The maximum atomic E-state index is 6.24. The summed E-state index contributed by atoms with van der Waals surface area (Å²) in [5, 5.41) is 0. The van der Waals surface area contributed by atoms with Gasteiger partial charge in [0.1, 0.15) is 18.3 Å². The van der Waals surface area contributed by atoms with E-state index < -0.39 is 0 Å². The zero-order valence-corrected chi connectivity index (χ0v) is 11.0. The molecular formula is C13H18N6. The summed E-state index contributed by atoms with van der Waals surface area (Å²) in [5.74, 6) is 2.21. The lowest BCUT2D eigenvalue weighted by Crippen LogP contribution is -2.35. The molecule has 0 spiro atoms. The van der Waals surface area contributed by atoms with Gasteiger partial charge in [-0.1, -0.05) is 6.92 Å². The molecule has 1 aliphatic heterocycles. The van der Waals surface area contributed by atoms with Crippen LogP contribution in [0.4, 0.5) is 11.5 Å². The zero-order chi connectivity index (χ0) is 13.2. The summed E-state index contributed by atoms with van der Waals surface area (Å²) in [6.07, 6.45) is 9.27. The fourth-order valence-corrected chi connectivity index (χ4v) is 2.60. The summed E-state index contributed by atoms with van der Waals surface area (Å²) in [5.41, 5.74) is 6.86. The molecule has 1 unspecified atom stereocenters. The summed E-state index contributed by atoms with van der Waals surface area (Å²) in [6, 6.07) is 0. The van der Waals surface area contributed by atoms with Crippen LogP contribution in [0.15, 0.2) is 25.0 Å². The first kappa shape index (κ1) is 12.0. The highest BCUT2D eigenvalue weighted by atomic mass is 15.2. The summed E-state index contributed by atoms with van der Waals surface area (Å²) in [4.78, 5) is 14.9. The Bertz CT molecular complexity index is 550. The van der Waals surface area contributed by atoms with Crippen LogP contribution >= 0.6 is 0 Å². The summed E-state index contributed by atoms with van der Waals surface area (Å²) in [7, 11) is 0. The van der Waals surface area contributed by atoms with Gasteiger partial charge in [0.25, 0.3) is 0 Å². The van der Waals surface area contributed by atoms with Crippen molar-refractivity contribution in [1.82, 2.24) is 19.5 Å². The van der Waals surface area contributed by atoms with Crippen LogP contribution in [0.1, 0.15) is 19.8 Å². The molecule has 1 aliphatic rings. The van der Waals surface area contributed by atoms with E-state index in [0.717, 1.165) is 18.9 Å². The van der Waals surface area contributed by atoms with Crippen molar-refractivity contribution < 1.29 is 0 Å². The van der Waals surface area contributed by atoms with Gasteiger partial charge in [-0.25, -0.2) is 15.0 Å². The van der Waals surface area contributed by atoms with Gasteiger partial charge in [0.05, 0.1) is 0 Å². The fourth-order valence-electron chi connectivity index (χ4n) is 2.60. The molecule has 0 radical (unpaired) electrons. The van der Waals surface area contributed by atoms with Gasteiger partial charge in [0.2, 0.25) is 0 Å². The van der Waals surface area contributed by atoms with Gasteiger partial charge in [0.15, 0.2) is 11.6 Å². The zero-order valence-electron chi connectivity index (χ0n) is 11.0. The van der Waals surface area contributed by atoms with E-state index in [1.54, 1.807) is 18.9 Å². The molecule has 1 atom stereocenters. The van der Waals surface area contributed by atoms with E-state index in [-0.39, 0.29) is 0 Å². The second-order valence-corrected chi connectivity index (χ2v) is 5.10. The Morgan fingerprint density at radius 3 is 2.89 bits per heavy atom. The predicted octanol–water partition coefficient (Wildman–Crippen LogP) is 1.48. The van der Waals surface area contributed by atoms with E-state index in [1.165, 1.54) is 12.8 Å². The molecule has 2 aromatic heterocycles. The Kier molecular flexibility index (Phi) is 3.06. The van der Waals surface area contributed by atoms with E-state index in [1.807, 2.05) is 10.8 Å². The number of nitrogen functional groups attached to an aromatic ring is 1. The average molecular weight is 258 g/mol. The van der Waals surface area contributed by atoms with Gasteiger partial charge in [-0.05, 0) is 18.8 Å². The minimum atomic E-state index is 0.620. The van der Waals surface area contributed by atoms with Crippen LogP contribution in [-0.4, -0.2) is 32.6 Å². The van der Waals surface area contributed by atoms with E-state index in [9.17, 15) is 0 Å². The summed E-state index contributed by atoms with van der Waals surface area (Å²) >= 11 is 0. The first-order valence-electron chi connectivity index (χ1n) is 6.59. The lowest BCUT2D eigenvalue weighted by Gasteiger charge is -2.32. The van der Waals surface area contributed by atoms with E-state index in [2.05, 4.69) is 26.8 Å². The number of nitrogens with two attached hydrogens (primary N) is 1. The molecule has 3 heterocycles. The maximum absolute atomic E-state index is 6.24. The fraction of sp³-hybridized carbons (Fsp3) is 0.462. The molecule has 1 fully saturated rings. The van der Waals surface area contributed by atoms with Crippen molar-refractivity contribution in [2.45, 2.75) is 19.8 Å². The molecule has 3 rings (SSSR count). The van der Waals surface area contributed by atoms with Crippen molar-refractivity contribution in [3.63, 3.8) is 0 Å². The van der Waals surface area contributed by atoms with Gasteiger partial charge >= 0.3 is 0 Å². The largest absolute Gasteiger partial charge is 0.393 e. The van der Waals surface area contributed by atoms with Crippen molar-refractivity contribution in [3.8, 4) is 5.82 Å². The van der Waals surface area contributed by atoms with Crippen LogP contribution in [0.25, 0.3) is 5.82 Å². The van der Waals surface area contributed by atoms with Gasteiger partial charge in [-0.3, -0.25) is 4.57 Å². The molecule has 0 aliphatic carbocycles. The van der Waals surface area contributed by atoms with Gasteiger partial charge in [-0.2, -0.15) is 0 Å². The topological polar surface area (TPSA) is 72.9 Å². The smallest absolute Gasteiger partial charge is 0.166 e. The van der Waals surface area contributed by atoms with Gasteiger partial charge in [0, 0.05) is 25.5 Å². The molecule has 19 heavy (non-hydrogen) atoms. The van der Waals surface area contributed by atoms with Gasteiger partial charge in [-0.15, -0.1) is 0 Å². The van der Waals surface area contributed by atoms with Crippen LogP contribution in [0.3, 0.4) is 0 Å². The predicted molar refractivity (Wildman–Crippen MR) is 74.2 cm³/mol. The summed E-state index contributed by atoms with van der Waals surface area (Å²) in [6.45, 7) is 4.28. The van der Waals surface area contributed by atoms with Crippen molar-refractivity contribution in [3.05, 3.63) is 25.0 Å². The quantitative estimate of drug-likeness (QED) is 0.883. The first-order chi connectivity index (χ1) is 9.25. The van der Waals surface area contributed by atoms with Crippen molar-refractivity contribution in [1.29, 1.82) is 0 Å². The Morgan fingerprint density at radius 2 is 2.16 bits per heavy atom. The molecule has 1 saturated heterocycles. The third-order valence-corrected chi connectivity index (χ3v) is 3.55. The molecule has 0 aromatic carbocycles. The third kappa shape index (κ3) is 2.25. The van der Waals surface area contributed by atoms with Crippen LogP contribution < -0.4 is 10.6 Å². The SMILES string of the molecule is CC1CCCN(c2ncnc(-n3ccnc3)c2N)C1. The molecule has 2 N–H and O–H groups in total. The molecule has 0 bridgehead atoms. The normalized spacial score (nSPS) is 19.6. The maximum Gasteiger partial charge on any atom is 0.166 e. The Balaban J connectivity index is 1.96. The minimum Gasteiger partial charge on any atom is -0.393 e. The van der Waals surface area contributed by atoms with Crippen molar-refractivity contribution in [2.24, 2.45) is 5.92 Å². The molecule has 0 amide bonds. The highest BCUT2D eigenvalue weighted by Gasteiger charge is 2.21. The van der Waals surface area contributed by atoms with Crippen LogP contribution in [-0.2, 0) is 0 Å². The number of anilines is 2. The van der Waals surface area contributed by atoms with Crippen molar-refractivity contribution in [2.75, 3.05) is 23.7 Å². The monoisotopic (exact) mass is 258 g/mol. The van der Waals surface area contributed by atoms with E-state index in [0.29, 0.717) is 17.4 Å². The third-order valence-electron chi connectivity index (χ3n) is 3.55. The lowest BCUT2D eigenvalue weighted by molar-refractivity contribution is 0.444. The van der Waals surface area contributed by atoms with Gasteiger partial charge < -0.3 is 10.6 Å². The Morgan fingerprint density at radius 1 is 1.32 bits per heavy atom. The van der Waals surface area contributed by atoms with E-state index >= 15 is 0 Å². The molecular weight excluding hydrogens is 240 g/mol. The molecule has 100 valence electrons. The molecule has 0 saturated carbocycles. The first-order valence-corrected chi connectivity index (χ1v) is 6.59. The van der Waals surface area contributed by atoms with Crippen molar-refractivity contribution >= 4 is 11.5 Å². The minimum absolute atomic E-state index is 0.620. The summed E-state index contributed by atoms with van der Waals surface area (Å²) < 4.78 is 1.81. The lowest BCUT2D eigenvalue weighted by atomic mass is 10.0. The Labute approximate surface area is 112 Å². The van der Waals surface area contributed by atoms with Crippen LogP contribution in [0.2, 0.25) is 0 Å². The van der Waals surface area contributed by atoms with Crippen LogP contribution in [0, 0.1) is 5.92 Å². The number of nitrogens with zero attached hydrogens (tertiary/aromatic N) is 5. The average Bonchev–Trinajstić information content (AvgIpc) is 2.93. The highest BCUT2D eigenvalue weighted by Crippen LogP contribution is 2.28. The second kappa shape index (κ2) is 4.87. The van der Waals surface area contributed by atoms with Crippen LogP contribution in [0.5, 0.6) is 0 Å². The number of hydrogen-bond donors (Lipinski definition) is 1. The standard InChI is InChI=1S/C13H18N6/c1-10-3-2-5-18(7-10)12-11(14)13(17-8-16-12)19-6-4-15-9-19/h4,6,8-10H,2-3,5,7,14H2,1H3. The number of aromatic nitrogens is 4. The molecule has 2 aromatic rings. The number of hydrogen-bond acceptors (Lipinski definition) is 5. The second-order valence-electron chi connectivity index (χ2n) is 5.10. The van der Waals surface area contributed by atoms with E-state index in [4.69, 9.17) is 5.73 Å².